The quantitative estimate of drug-likeness (QED) is 0.627. The fourth-order valence-electron chi connectivity index (χ4n) is 5.57. The lowest BCUT2D eigenvalue weighted by Gasteiger charge is -2.47. The van der Waals surface area contributed by atoms with Crippen molar-refractivity contribution in [2.24, 2.45) is 5.41 Å². The number of amides is 3. The van der Waals surface area contributed by atoms with E-state index in [1.807, 2.05) is 35.8 Å². The zero-order valence-corrected chi connectivity index (χ0v) is 21.5. The largest absolute Gasteiger partial charge is 0.465 e. The average molecular weight is 494 g/mol. The Labute approximate surface area is 206 Å². The molecule has 0 aromatic heterocycles. The summed E-state index contributed by atoms with van der Waals surface area (Å²) in [5.74, 6) is 0. The number of benzene rings is 1. The first-order chi connectivity index (χ1) is 16.0. The molecule has 34 heavy (non-hydrogen) atoms. The number of hydrogen-bond donors (Lipinski definition) is 1. The normalized spacial score (nSPS) is 28.0. The molecule has 3 amide bonds. The Hall–Kier alpha value is -2.03. The van der Waals surface area contributed by atoms with E-state index in [4.69, 9.17) is 21.1 Å². The van der Waals surface area contributed by atoms with Crippen molar-refractivity contribution in [3.63, 3.8) is 0 Å². The standard InChI is InChI=1S/C25H36ClN3O5/c1-15-13-33-14-16(2)29(15)23(30)27-7-6-17-10-18(26)11-19(20(17)12-27)21-22(25(3,4)5)34-9-8-28(21)24(31)32/h10-11,15-16,21-22H,6-9,12-14H2,1-5H3,(H,31,32)/t15?,16?,21-,22?/m1/s1. The molecule has 0 saturated carbocycles. The summed E-state index contributed by atoms with van der Waals surface area (Å²) < 4.78 is 11.8. The van der Waals surface area contributed by atoms with Crippen LogP contribution in [0.5, 0.6) is 0 Å². The van der Waals surface area contributed by atoms with Crippen LogP contribution in [0.1, 0.15) is 57.4 Å². The number of hydrogen-bond acceptors (Lipinski definition) is 4. The first-order valence-corrected chi connectivity index (χ1v) is 12.4. The molecule has 188 valence electrons. The second-order valence-corrected chi connectivity index (χ2v) is 11.2. The molecule has 9 heteroatoms. The lowest BCUT2D eigenvalue weighted by atomic mass is 9.78. The molecule has 0 bridgehead atoms. The van der Waals surface area contributed by atoms with Gasteiger partial charge in [-0.05, 0) is 54.5 Å². The van der Waals surface area contributed by atoms with Gasteiger partial charge in [-0.15, -0.1) is 0 Å². The van der Waals surface area contributed by atoms with Crippen molar-refractivity contribution in [1.29, 1.82) is 0 Å². The maximum atomic E-state index is 13.6. The summed E-state index contributed by atoms with van der Waals surface area (Å²) in [4.78, 5) is 31.1. The third-order valence-corrected chi connectivity index (χ3v) is 7.39. The van der Waals surface area contributed by atoms with Crippen LogP contribution in [0.3, 0.4) is 0 Å². The number of rotatable bonds is 1. The molecule has 4 atom stereocenters. The third kappa shape index (κ3) is 4.72. The van der Waals surface area contributed by atoms with Gasteiger partial charge >= 0.3 is 12.1 Å². The Morgan fingerprint density at radius 2 is 1.79 bits per heavy atom. The summed E-state index contributed by atoms with van der Waals surface area (Å²) in [5.41, 5.74) is 2.59. The SMILES string of the molecule is CC1COCC(C)N1C(=O)N1CCc2cc(Cl)cc([C@@H]3C(C(C)(C)C)OCCN3C(=O)O)c2C1. The summed E-state index contributed by atoms with van der Waals surface area (Å²) in [7, 11) is 0. The topological polar surface area (TPSA) is 82.6 Å². The summed E-state index contributed by atoms with van der Waals surface area (Å²) in [6, 6.07) is 3.31. The maximum absolute atomic E-state index is 13.6. The minimum absolute atomic E-state index is 0.00172. The van der Waals surface area contributed by atoms with E-state index in [9.17, 15) is 14.7 Å². The van der Waals surface area contributed by atoms with E-state index in [2.05, 4.69) is 20.8 Å². The Kier molecular flexibility index (Phi) is 7.04. The summed E-state index contributed by atoms with van der Waals surface area (Å²) in [6.45, 7) is 12.9. The van der Waals surface area contributed by atoms with Crippen molar-refractivity contribution >= 4 is 23.7 Å². The fourth-order valence-corrected chi connectivity index (χ4v) is 5.82. The van der Waals surface area contributed by atoms with Gasteiger partial charge in [0.2, 0.25) is 0 Å². The molecule has 3 aliphatic heterocycles. The smallest absolute Gasteiger partial charge is 0.407 e. The van der Waals surface area contributed by atoms with Gasteiger partial charge in [0.1, 0.15) is 0 Å². The van der Waals surface area contributed by atoms with Crippen LogP contribution in [0.25, 0.3) is 0 Å². The van der Waals surface area contributed by atoms with Crippen LogP contribution in [-0.2, 0) is 22.4 Å². The number of urea groups is 1. The van der Waals surface area contributed by atoms with Crippen molar-refractivity contribution in [2.45, 2.75) is 71.8 Å². The van der Waals surface area contributed by atoms with E-state index in [1.54, 1.807) is 0 Å². The van der Waals surface area contributed by atoms with E-state index in [0.717, 1.165) is 16.7 Å². The minimum atomic E-state index is -0.976. The van der Waals surface area contributed by atoms with Crippen LogP contribution in [0.15, 0.2) is 12.1 Å². The van der Waals surface area contributed by atoms with Gasteiger partial charge in [0.15, 0.2) is 0 Å². The van der Waals surface area contributed by atoms with Gasteiger partial charge in [-0.2, -0.15) is 0 Å². The van der Waals surface area contributed by atoms with E-state index in [1.165, 1.54) is 4.90 Å². The zero-order valence-electron chi connectivity index (χ0n) is 20.7. The lowest BCUT2D eigenvalue weighted by molar-refractivity contribution is -0.110. The Bertz CT molecular complexity index is 939. The first kappa shape index (κ1) is 25.1. The monoisotopic (exact) mass is 493 g/mol. The molecule has 3 aliphatic rings. The number of carboxylic acid groups (broad SMARTS) is 1. The molecule has 0 aliphatic carbocycles. The van der Waals surface area contributed by atoms with Gasteiger partial charge in [0.25, 0.3) is 0 Å². The molecule has 2 saturated heterocycles. The molecule has 2 fully saturated rings. The second kappa shape index (κ2) is 9.55. The van der Waals surface area contributed by atoms with Crippen molar-refractivity contribution in [3.8, 4) is 0 Å². The fraction of sp³-hybridized carbons (Fsp3) is 0.680. The highest BCUT2D eigenvalue weighted by atomic mass is 35.5. The van der Waals surface area contributed by atoms with Crippen LogP contribution < -0.4 is 0 Å². The molecule has 1 N–H and O–H groups in total. The highest BCUT2D eigenvalue weighted by Gasteiger charge is 2.44. The van der Waals surface area contributed by atoms with Gasteiger partial charge < -0.3 is 24.4 Å². The highest BCUT2D eigenvalue weighted by molar-refractivity contribution is 6.30. The van der Waals surface area contributed by atoms with Gasteiger partial charge in [-0.3, -0.25) is 4.90 Å². The van der Waals surface area contributed by atoms with Crippen molar-refractivity contribution in [3.05, 3.63) is 33.8 Å². The number of fused-ring (bicyclic) bond motifs is 1. The van der Waals surface area contributed by atoms with Gasteiger partial charge in [-0.1, -0.05) is 32.4 Å². The molecule has 3 heterocycles. The number of morpholine rings is 2. The summed E-state index contributed by atoms with van der Waals surface area (Å²) in [6.07, 6.45) is -0.649. The van der Waals surface area contributed by atoms with Gasteiger partial charge in [0, 0.05) is 24.7 Å². The predicted octanol–water partition coefficient (Wildman–Crippen LogP) is 4.39. The van der Waals surface area contributed by atoms with E-state index in [0.29, 0.717) is 50.9 Å². The summed E-state index contributed by atoms with van der Waals surface area (Å²) >= 11 is 6.54. The minimum Gasteiger partial charge on any atom is -0.465 e. The van der Waals surface area contributed by atoms with Crippen LogP contribution in [0.4, 0.5) is 9.59 Å². The van der Waals surface area contributed by atoms with Gasteiger partial charge in [-0.25, -0.2) is 9.59 Å². The number of carbonyl (C=O) groups excluding carboxylic acids is 1. The van der Waals surface area contributed by atoms with Crippen LogP contribution in [-0.4, -0.2) is 83.0 Å². The molecule has 0 spiro atoms. The Morgan fingerprint density at radius 1 is 1.12 bits per heavy atom. The second-order valence-electron chi connectivity index (χ2n) is 10.8. The number of halogens is 1. The lowest BCUT2D eigenvalue weighted by Crippen LogP contribution is -2.57. The van der Waals surface area contributed by atoms with Crippen LogP contribution >= 0.6 is 11.6 Å². The number of ether oxygens (including phenoxy) is 2. The molecule has 8 nitrogen and oxygen atoms in total. The van der Waals surface area contributed by atoms with Crippen molar-refractivity contribution in [2.75, 3.05) is 32.9 Å². The van der Waals surface area contributed by atoms with E-state index < -0.39 is 12.1 Å². The van der Waals surface area contributed by atoms with Gasteiger partial charge in [0.05, 0.1) is 44.1 Å². The molecule has 1 aromatic carbocycles. The Morgan fingerprint density at radius 3 is 2.41 bits per heavy atom. The number of carbonyl (C=O) groups is 2. The van der Waals surface area contributed by atoms with Crippen molar-refractivity contribution in [1.82, 2.24) is 14.7 Å². The first-order valence-electron chi connectivity index (χ1n) is 12.1. The van der Waals surface area contributed by atoms with Crippen molar-refractivity contribution < 1.29 is 24.2 Å². The molecule has 1 aromatic rings. The van der Waals surface area contributed by atoms with E-state index >= 15 is 0 Å². The average Bonchev–Trinajstić information content (AvgIpc) is 2.76. The van der Waals surface area contributed by atoms with E-state index in [-0.39, 0.29) is 29.6 Å². The highest BCUT2D eigenvalue weighted by Crippen LogP contribution is 2.43. The molecule has 4 rings (SSSR count). The zero-order chi connectivity index (χ0) is 24.8. The Balaban J connectivity index is 1.73. The predicted molar refractivity (Wildman–Crippen MR) is 129 cm³/mol. The molecular formula is C25H36ClN3O5. The summed E-state index contributed by atoms with van der Waals surface area (Å²) in [5, 5.41) is 10.6. The number of nitrogens with zero attached hydrogens (tertiary/aromatic N) is 3. The maximum Gasteiger partial charge on any atom is 0.407 e. The molecule has 0 radical (unpaired) electrons. The van der Waals surface area contributed by atoms with Crippen LogP contribution in [0, 0.1) is 5.41 Å². The molecule has 3 unspecified atom stereocenters. The van der Waals surface area contributed by atoms with Crippen LogP contribution in [0.2, 0.25) is 5.02 Å². The third-order valence-electron chi connectivity index (χ3n) is 7.17. The molecular weight excluding hydrogens is 458 g/mol.